The molecule has 1 aromatic heterocycles. The van der Waals surface area contributed by atoms with Gasteiger partial charge in [-0.1, -0.05) is 97.4 Å². The molecule has 2 atom stereocenters. The summed E-state index contributed by atoms with van der Waals surface area (Å²) in [6, 6.07) is 31.8. The third-order valence-corrected chi connectivity index (χ3v) is 7.63. The number of aryl methyl sites for hydroxylation is 1. The van der Waals surface area contributed by atoms with Crippen LogP contribution in [0.2, 0.25) is 0 Å². The molecule has 0 radical (unpaired) electrons. The van der Waals surface area contributed by atoms with Crippen molar-refractivity contribution in [1.82, 2.24) is 20.2 Å². The van der Waals surface area contributed by atoms with Gasteiger partial charge in [-0.05, 0) is 30.9 Å². The molecule has 3 N–H and O–H groups in total. The van der Waals surface area contributed by atoms with Crippen molar-refractivity contribution in [2.75, 3.05) is 26.2 Å². The summed E-state index contributed by atoms with van der Waals surface area (Å²) in [6.07, 6.45) is 2.34. The van der Waals surface area contributed by atoms with Gasteiger partial charge in [-0.15, -0.1) is 37.2 Å². The maximum Gasteiger partial charge on any atom is 0.137 e. The van der Waals surface area contributed by atoms with Gasteiger partial charge in [-0.3, -0.25) is 4.90 Å². The number of hydrogen-bond donors (Lipinski definition) is 3. The summed E-state index contributed by atoms with van der Waals surface area (Å²) in [6.45, 7) is 5.81. The fourth-order valence-corrected chi connectivity index (χ4v) is 5.66. The zero-order valence-electron chi connectivity index (χ0n) is 22.9. The summed E-state index contributed by atoms with van der Waals surface area (Å²) in [4.78, 5) is 10.8. The number of aliphatic hydroxyl groups is 1. The molecule has 0 bridgehead atoms. The fraction of sp³-hybridized carbons (Fsp3) is 0.344. The van der Waals surface area contributed by atoms with Gasteiger partial charge in [0.1, 0.15) is 11.9 Å². The van der Waals surface area contributed by atoms with Crippen molar-refractivity contribution in [1.29, 1.82) is 0 Å². The van der Waals surface area contributed by atoms with Crippen molar-refractivity contribution in [2.24, 2.45) is 0 Å². The summed E-state index contributed by atoms with van der Waals surface area (Å²) in [7, 11) is 0. The van der Waals surface area contributed by atoms with Gasteiger partial charge >= 0.3 is 0 Å². The number of aromatic nitrogens is 2. The van der Waals surface area contributed by atoms with Gasteiger partial charge in [0.25, 0.3) is 0 Å². The number of benzene rings is 3. The first-order chi connectivity index (χ1) is 18.2. The second kappa shape index (κ2) is 16.8. The molecular formula is C32H41Cl3N4O. The van der Waals surface area contributed by atoms with Gasteiger partial charge in [0.05, 0.1) is 5.69 Å². The van der Waals surface area contributed by atoms with Crippen molar-refractivity contribution in [3.8, 4) is 11.4 Å². The standard InChI is InChI=1S/C32H38N4O.3ClH/c1-24-30(35-32(34-24)27-16-9-4-10-17-27)31(37)29(36-22-20-33-21-23-36)19-11-18-28(25-12-5-2-6-13-25)26-14-7-3-8-15-26;;;/h2-10,12-17,28-29,31,33,37H,11,18-23H2,1H3,(H,34,35);3*1H. The molecule has 5 rings (SSSR count). The van der Waals surface area contributed by atoms with E-state index in [1.54, 1.807) is 0 Å². The van der Waals surface area contributed by atoms with E-state index in [1.165, 1.54) is 11.1 Å². The smallest absolute Gasteiger partial charge is 0.137 e. The molecule has 0 saturated carbocycles. The minimum Gasteiger partial charge on any atom is -0.385 e. The largest absolute Gasteiger partial charge is 0.385 e. The molecule has 3 aromatic carbocycles. The molecule has 216 valence electrons. The van der Waals surface area contributed by atoms with Crippen LogP contribution in [0.4, 0.5) is 0 Å². The van der Waals surface area contributed by atoms with E-state index in [0.717, 1.165) is 68.2 Å². The van der Waals surface area contributed by atoms with Crippen molar-refractivity contribution in [3.63, 3.8) is 0 Å². The van der Waals surface area contributed by atoms with Crippen molar-refractivity contribution in [2.45, 2.75) is 44.2 Å². The van der Waals surface area contributed by atoms with Gasteiger partial charge in [0.2, 0.25) is 0 Å². The maximum atomic E-state index is 11.7. The van der Waals surface area contributed by atoms with Crippen LogP contribution in [0, 0.1) is 6.92 Å². The maximum absolute atomic E-state index is 11.7. The SMILES string of the molecule is Cc1[nH]c(-c2ccccc2)nc1C(O)C(CCCC(c1ccccc1)c1ccccc1)N1CCNCC1.Cl.Cl.Cl. The Labute approximate surface area is 257 Å². The number of nitrogens with one attached hydrogen (secondary N) is 2. The second-order valence-corrected chi connectivity index (χ2v) is 10.1. The molecule has 8 heteroatoms. The number of nitrogens with zero attached hydrogens (tertiary/aromatic N) is 2. The predicted octanol–water partition coefficient (Wildman–Crippen LogP) is 6.96. The quantitative estimate of drug-likeness (QED) is 0.183. The summed E-state index contributed by atoms with van der Waals surface area (Å²) < 4.78 is 0. The van der Waals surface area contributed by atoms with E-state index in [2.05, 4.69) is 88.0 Å². The molecule has 2 unspecified atom stereocenters. The number of halogens is 3. The molecule has 5 nitrogen and oxygen atoms in total. The monoisotopic (exact) mass is 602 g/mol. The van der Waals surface area contributed by atoms with Gasteiger partial charge in [0, 0.05) is 49.4 Å². The number of rotatable bonds is 10. The lowest BCUT2D eigenvalue weighted by Crippen LogP contribution is -2.50. The Morgan fingerprint density at radius 3 is 1.85 bits per heavy atom. The van der Waals surface area contributed by atoms with E-state index in [1.807, 2.05) is 25.1 Å². The van der Waals surface area contributed by atoms with Crippen LogP contribution >= 0.6 is 37.2 Å². The summed E-state index contributed by atoms with van der Waals surface area (Å²) in [5.74, 6) is 1.17. The third kappa shape index (κ3) is 8.32. The van der Waals surface area contributed by atoms with Crippen LogP contribution in [-0.4, -0.2) is 52.2 Å². The molecule has 1 saturated heterocycles. The lowest BCUT2D eigenvalue weighted by Gasteiger charge is -2.37. The molecule has 0 spiro atoms. The van der Waals surface area contributed by atoms with E-state index in [9.17, 15) is 5.11 Å². The van der Waals surface area contributed by atoms with Gasteiger partial charge < -0.3 is 15.4 Å². The van der Waals surface area contributed by atoms with E-state index in [4.69, 9.17) is 4.98 Å². The van der Waals surface area contributed by atoms with E-state index in [0.29, 0.717) is 5.92 Å². The van der Waals surface area contributed by atoms with Crippen LogP contribution in [0.3, 0.4) is 0 Å². The normalized spacial score (nSPS) is 14.9. The van der Waals surface area contributed by atoms with Crippen molar-refractivity contribution in [3.05, 3.63) is 114 Å². The molecule has 40 heavy (non-hydrogen) atoms. The molecule has 1 fully saturated rings. The van der Waals surface area contributed by atoms with Crippen molar-refractivity contribution < 1.29 is 5.11 Å². The Balaban J connectivity index is 0.00000187. The average molecular weight is 604 g/mol. The van der Waals surface area contributed by atoms with Gasteiger partial charge in [-0.25, -0.2) is 4.98 Å². The Kier molecular flexibility index (Phi) is 14.2. The Hall–Kier alpha value is -2.38. The molecular weight excluding hydrogens is 563 g/mol. The lowest BCUT2D eigenvalue weighted by molar-refractivity contribution is 0.0323. The predicted molar refractivity (Wildman–Crippen MR) is 172 cm³/mol. The van der Waals surface area contributed by atoms with Gasteiger partial charge in [0.15, 0.2) is 0 Å². The zero-order valence-corrected chi connectivity index (χ0v) is 25.4. The first kappa shape index (κ1) is 33.8. The van der Waals surface area contributed by atoms with Crippen LogP contribution in [0.25, 0.3) is 11.4 Å². The van der Waals surface area contributed by atoms with Crippen LogP contribution in [0.5, 0.6) is 0 Å². The fourth-order valence-electron chi connectivity index (χ4n) is 5.66. The molecule has 1 aliphatic rings. The van der Waals surface area contributed by atoms with Gasteiger partial charge in [-0.2, -0.15) is 0 Å². The van der Waals surface area contributed by atoms with E-state index < -0.39 is 6.10 Å². The number of imidazole rings is 1. The molecule has 0 amide bonds. The van der Waals surface area contributed by atoms with Crippen LogP contribution < -0.4 is 5.32 Å². The van der Waals surface area contributed by atoms with Crippen LogP contribution in [-0.2, 0) is 0 Å². The second-order valence-electron chi connectivity index (χ2n) is 10.1. The summed E-state index contributed by atoms with van der Waals surface area (Å²) >= 11 is 0. The highest BCUT2D eigenvalue weighted by Crippen LogP contribution is 2.33. The first-order valence-electron chi connectivity index (χ1n) is 13.6. The molecule has 0 aliphatic carbocycles. The topological polar surface area (TPSA) is 64.2 Å². The lowest BCUT2D eigenvalue weighted by atomic mass is 9.86. The summed E-state index contributed by atoms with van der Waals surface area (Å²) in [5.41, 5.74) is 5.45. The minimum atomic E-state index is -0.640. The molecule has 4 aromatic rings. The zero-order chi connectivity index (χ0) is 25.5. The van der Waals surface area contributed by atoms with Crippen molar-refractivity contribution >= 4 is 37.2 Å². The molecule has 2 heterocycles. The number of H-pyrrole nitrogens is 1. The van der Waals surface area contributed by atoms with E-state index >= 15 is 0 Å². The highest BCUT2D eigenvalue weighted by Gasteiger charge is 2.31. The summed E-state index contributed by atoms with van der Waals surface area (Å²) in [5, 5.41) is 15.2. The number of hydrogen-bond acceptors (Lipinski definition) is 4. The number of aromatic amines is 1. The Morgan fingerprint density at radius 2 is 1.30 bits per heavy atom. The first-order valence-corrected chi connectivity index (χ1v) is 13.6. The Bertz CT molecular complexity index is 1200. The highest BCUT2D eigenvalue weighted by atomic mass is 35.5. The minimum absolute atomic E-state index is 0. The highest BCUT2D eigenvalue weighted by molar-refractivity contribution is 5.86. The third-order valence-electron chi connectivity index (χ3n) is 7.63. The Morgan fingerprint density at radius 1 is 0.775 bits per heavy atom. The van der Waals surface area contributed by atoms with E-state index in [-0.39, 0.29) is 43.3 Å². The number of piperazine rings is 1. The van der Waals surface area contributed by atoms with Crippen LogP contribution in [0.15, 0.2) is 91.0 Å². The average Bonchev–Trinajstić information content (AvgIpc) is 3.36. The molecule has 1 aliphatic heterocycles. The number of aliphatic hydroxyl groups excluding tert-OH is 1. The van der Waals surface area contributed by atoms with Crippen LogP contribution in [0.1, 0.15) is 53.8 Å².